The number of hydrogen-bond acceptors (Lipinski definition) is 5. The number of carbonyl (C=O) groups is 2. The van der Waals surface area contributed by atoms with Crippen LogP contribution in [0.4, 0.5) is 17.1 Å². The van der Waals surface area contributed by atoms with Gasteiger partial charge in [0.25, 0.3) is 5.91 Å². The Morgan fingerprint density at radius 2 is 1.74 bits per heavy atom. The third-order valence-electron chi connectivity index (χ3n) is 5.57. The van der Waals surface area contributed by atoms with E-state index in [9.17, 15) is 9.59 Å². The molecule has 0 radical (unpaired) electrons. The summed E-state index contributed by atoms with van der Waals surface area (Å²) in [5, 5.41) is 3.78. The number of amides is 2. The highest BCUT2D eigenvalue weighted by Crippen LogP contribution is 2.48. The van der Waals surface area contributed by atoms with Gasteiger partial charge < -0.3 is 15.1 Å². The molecule has 0 aliphatic carbocycles. The summed E-state index contributed by atoms with van der Waals surface area (Å²) in [6.07, 6.45) is 0. The number of thioether (sulfide) groups is 1. The van der Waals surface area contributed by atoms with E-state index in [-0.39, 0.29) is 11.8 Å². The lowest BCUT2D eigenvalue weighted by molar-refractivity contribution is -0.125. The molecular formula is C26H24N4O2S2. The van der Waals surface area contributed by atoms with Crippen LogP contribution in [0.5, 0.6) is 0 Å². The molecule has 0 bridgehead atoms. The van der Waals surface area contributed by atoms with Crippen LogP contribution in [0.3, 0.4) is 0 Å². The van der Waals surface area contributed by atoms with Crippen LogP contribution in [0, 0.1) is 0 Å². The van der Waals surface area contributed by atoms with Gasteiger partial charge >= 0.3 is 0 Å². The molecule has 2 aliphatic rings. The molecule has 2 amide bonds. The molecule has 1 N–H and O–H groups in total. The molecule has 6 nitrogen and oxygen atoms in total. The highest BCUT2D eigenvalue weighted by molar-refractivity contribution is 8.05. The number of hydrogen-bond donors (Lipinski definition) is 1. The summed E-state index contributed by atoms with van der Waals surface area (Å²) < 4.78 is 5.03. The van der Waals surface area contributed by atoms with Gasteiger partial charge in [-0.1, -0.05) is 66.4 Å². The van der Waals surface area contributed by atoms with Crippen molar-refractivity contribution in [1.82, 2.24) is 4.90 Å². The van der Waals surface area contributed by atoms with E-state index in [2.05, 4.69) is 22.3 Å². The minimum absolute atomic E-state index is 0.00935. The SMILES string of the molecule is CC(=O)Nc1ccccc1N=S1CN(Cc2ccccc2)C(=O)/C1=C1/Sc2ccccc2N1C. The summed E-state index contributed by atoms with van der Waals surface area (Å²) in [5.74, 6) is 0.362. The van der Waals surface area contributed by atoms with E-state index >= 15 is 0 Å². The number of nitrogens with zero attached hydrogens (tertiary/aromatic N) is 3. The van der Waals surface area contributed by atoms with Gasteiger partial charge in [0.2, 0.25) is 5.91 Å². The summed E-state index contributed by atoms with van der Waals surface area (Å²) in [4.78, 5) is 31.3. The molecule has 3 aromatic rings. The molecule has 1 atom stereocenters. The van der Waals surface area contributed by atoms with E-state index in [1.54, 1.807) is 11.8 Å². The maximum absolute atomic E-state index is 13.8. The van der Waals surface area contributed by atoms with Crippen LogP contribution in [0.25, 0.3) is 0 Å². The molecule has 0 spiro atoms. The lowest BCUT2D eigenvalue weighted by Gasteiger charge is -2.16. The zero-order valence-corrected chi connectivity index (χ0v) is 20.5. The van der Waals surface area contributed by atoms with Crippen LogP contribution in [-0.2, 0) is 26.8 Å². The second-order valence-electron chi connectivity index (χ2n) is 8.04. The molecule has 3 aromatic carbocycles. The van der Waals surface area contributed by atoms with E-state index < -0.39 is 10.7 Å². The van der Waals surface area contributed by atoms with Crippen LogP contribution >= 0.6 is 11.8 Å². The number of rotatable bonds is 4. The lowest BCUT2D eigenvalue weighted by atomic mass is 10.2. The Hall–Kier alpha value is -3.36. The molecule has 34 heavy (non-hydrogen) atoms. The van der Waals surface area contributed by atoms with Gasteiger partial charge in [-0.25, -0.2) is 4.36 Å². The minimum Gasteiger partial charge on any atom is -0.337 e. The zero-order valence-electron chi connectivity index (χ0n) is 18.9. The Kier molecular flexibility index (Phi) is 6.26. The second kappa shape index (κ2) is 9.48. The summed E-state index contributed by atoms with van der Waals surface area (Å²) in [7, 11) is 1.29. The first-order valence-corrected chi connectivity index (χ1v) is 13.1. The molecule has 172 valence electrons. The molecule has 1 fully saturated rings. The van der Waals surface area contributed by atoms with Crippen LogP contribution in [-0.4, -0.2) is 29.6 Å². The maximum atomic E-state index is 13.8. The van der Waals surface area contributed by atoms with Crippen molar-refractivity contribution in [2.75, 3.05) is 23.1 Å². The molecule has 1 unspecified atom stereocenters. The Labute approximate surface area is 205 Å². The number of para-hydroxylation sites is 2. The third-order valence-corrected chi connectivity index (χ3v) is 8.75. The number of nitrogens with one attached hydrogen (secondary N) is 1. The van der Waals surface area contributed by atoms with Crippen molar-refractivity contribution >= 4 is 51.3 Å². The smallest absolute Gasteiger partial charge is 0.265 e. The topological polar surface area (TPSA) is 65.0 Å². The monoisotopic (exact) mass is 488 g/mol. The van der Waals surface area contributed by atoms with Gasteiger partial charge in [0.1, 0.15) is 9.93 Å². The van der Waals surface area contributed by atoms with Gasteiger partial charge in [0.05, 0.1) is 22.9 Å². The fourth-order valence-electron chi connectivity index (χ4n) is 3.97. The van der Waals surface area contributed by atoms with Gasteiger partial charge in [-0.2, -0.15) is 0 Å². The molecular weight excluding hydrogens is 464 g/mol. The molecule has 0 saturated carbocycles. The summed E-state index contributed by atoms with van der Waals surface area (Å²) in [5.41, 5.74) is 3.50. The molecule has 1 saturated heterocycles. The molecule has 8 heteroatoms. The molecule has 2 aliphatic heterocycles. The van der Waals surface area contributed by atoms with Crippen molar-refractivity contribution in [1.29, 1.82) is 0 Å². The van der Waals surface area contributed by atoms with E-state index in [1.807, 2.05) is 78.7 Å². The Bertz CT molecular complexity index is 1340. The summed E-state index contributed by atoms with van der Waals surface area (Å²) in [6, 6.07) is 25.7. The van der Waals surface area contributed by atoms with E-state index in [1.165, 1.54) is 6.92 Å². The highest BCUT2D eigenvalue weighted by atomic mass is 32.2. The van der Waals surface area contributed by atoms with Crippen molar-refractivity contribution in [3.05, 3.63) is 94.4 Å². The Morgan fingerprint density at radius 3 is 2.50 bits per heavy atom. The number of benzene rings is 3. The van der Waals surface area contributed by atoms with Crippen molar-refractivity contribution in [2.24, 2.45) is 4.36 Å². The first kappa shape index (κ1) is 22.4. The minimum atomic E-state index is -0.707. The quantitative estimate of drug-likeness (QED) is 0.493. The maximum Gasteiger partial charge on any atom is 0.265 e. The van der Waals surface area contributed by atoms with E-state index in [0.29, 0.717) is 23.8 Å². The van der Waals surface area contributed by atoms with Crippen LogP contribution in [0.15, 0.2) is 98.1 Å². The van der Waals surface area contributed by atoms with Gasteiger partial charge in [0.15, 0.2) is 0 Å². The predicted octanol–water partition coefficient (Wildman–Crippen LogP) is 5.49. The average molecular weight is 489 g/mol. The first-order chi connectivity index (χ1) is 16.5. The van der Waals surface area contributed by atoms with Crippen molar-refractivity contribution in [3.63, 3.8) is 0 Å². The second-order valence-corrected chi connectivity index (χ2v) is 10.6. The number of fused-ring (bicyclic) bond motifs is 1. The Balaban J connectivity index is 1.60. The molecule has 0 aromatic heterocycles. The van der Waals surface area contributed by atoms with E-state index in [4.69, 9.17) is 4.36 Å². The van der Waals surface area contributed by atoms with Crippen molar-refractivity contribution < 1.29 is 9.59 Å². The van der Waals surface area contributed by atoms with Crippen LogP contribution in [0.2, 0.25) is 0 Å². The first-order valence-electron chi connectivity index (χ1n) is 10.9. The predicted molar refractivity (Wildman–Crippen MR) is 140 cm³/mol. The van der Waals surface area contributed by atoms with Crippen LogP contribution < -0.4 is 10.2 Å². The fraction of sp³-hybridized carbons (Fsp3) is 0.154. The average Bonchev–Trinajstić information content (AvgIpc) is 3.31. The van der Waals surface area contributed by atoms with E-state index in [0.717, 1.165) is 26.1 Å². The largest absolute Gasteiger partial charge is 0.337 e. The van der Waals surface area contributed by atoms with Gasteiger partial charge in [0, 0.05) is 25.4 Å². The van der Waals surface area contributed by atoms with Gasteiger partial charge in [-0.15, -0.1) is 0 Å². The highest BCUT2D eigenvalue weighted by Gasteiger charge is 2.38. The summed E-state index contributed by atoms with van der Waals surface area (Å²) >= 11 is 1.62. The normalized spacial score (nSPS) is 19.6. The standard InChI is InChI=1S/C26H24N4O2S2/c1-18(31)27-20-12-6-7-13-21(20)28-34-17-30(16-19-10-4-3-5-11-19)25(32)24(34)26-29(2)22-14-8-9-15-23(22)33-26/h3-15H,16-17H2,1-2H3,(H,27,31)/b26-24-. The molecule has 5 rings (SSSR count). The fourth-order valence-corrected chi connectivity index (χ4v) is 7.31. The summed E-state index contributed by atoms with van der Waals surface area (Å²) in [6.45, 7) is 2.01. The van der Waals surface area contributed by atoms with Gasteiger partial charge in [-0.05, 0) is 40.5 Å². The number of anilines is 2. The molecule has 2 heterocycles. The number of carbonyl (C=O) groups excluding carboxylic acids is 2. The lowest BCUT2D eigenvalue weighted by Crippen LogP contribution is -2.25. The third kappa shape index (κ3) is 4.38. The van der Waals surface area contributed by atoms with Crippen molar-refractivity contribution in [2.45, 2.75) is 18.4 Å². The van der Waals surface area contributed by atoms with Crippen LogP contribution in [0.1, 0.15) is 12.5 Å². The van der Waals surface area contributed by atoms with Gasteiger partial charge in [-0.3, -0.25) is 9.59 Å². The Morgan fingerprint density at radius 1 is 1.03 bits per heavy atom. The zero-order chi connectivity index (χ0) is 23.7. The van der Waals surface area contributed by atoms with Crippen molar-refractivity contribution in [3.8, 4) is 0 Å².